The first kappa shape index (κ1) is 25.2. The lowest BCUT2D eigenvalue weighted by Crippen LogP contribution is -2.40. The van der Waals surface area contributed by atoms with E-state index < -0.39 is 6.10 Å². The maximum Gasteiger partial charge on any atom is 0.238 e. The molecule has 0 bridgehead atoms. The number of carbonyl (C=O) groups is 1. The number of hydrogen-bond donors (Lipinski definition) is 3. The first-order chi connectivity index (χ1) is 15.7. The van der Waals surface area contributed by atoms with E-state index >= 15 is 0 Å². The molecule has 0 radical (unpaired) electrons. The summed E-state index contributed by atoms with van der Waals surface area (Å²) in [6, 6.07) is 12.8. The first-order valence-corrected chi connectivity index (χ1v) is 12.1. The third kappa shape index (κ3) is 5.94. The van der Waals surface area contributed by atoms with Crippen molar-refractivity contribution in [2.75, 3.05) is 38.0 Å². The van der Waals surface area contributed by atoms with Crippen molar-refractivity contribution in [3.63, 3.8) is 0 Å². The summed E-state index contributed by atoms with van der Waals surface area (Å²) < 4.78 is 2.32. The van der Waals surface area contributed by atoms with Gasteiger partial charge in [-0.2, -0.15) is 0 Å². The number of benzene rings is 2. The SMILES string of the molecule is CCN(CC)C[C@@H](O)CNCC(=O)Nc1ccc2c(c1)c1cc(C(C)(C)C)ccc1n2CC. The molecule has 3 N–H and O–H groups in total. The van der Waals surface area contributed by atoms with Gasteiger partial charge in [0.1, 0.15) is 0 Å². The van der Waals surface area contributed by atoms with Crippen molar-refractivity contribution in [3.05, 3.63) is 42.0 Å². The predicted octanol–water partition coefficient (Wildman–Crippen LogP) is 4.34. The Balaban J connectivity index is 1.73. The Kier molecular flexibility index (Phi) is 8.16. The second-order valence-electron chi connectivity index (χ2n) is 9.78. The Morgan fingerprint density at radius 1 is 1.03 bits per heavy atom. The summed E-state index contributed by atoms with van der Waals surface area (Å²) in [7, 11) is 0. The number of hydrogen-bond acceptors (Lipinski definition) is 4. The minimum Gasteiger partial charge on any atom is -0.390 e. The molecular weight excluding hydrogens is 412 g/mol. The van der Waals surface area contributed by atoms with E-state index in [4.69, 9.17) is 0 Å². The highest BCUT2D eigenvalue weighted by Crippen LogP contribution is 2.34. The van der Waals surface area contributed by atoms with E-state index in [-0.39, 0.29) is 17.9 Å². The fourth-order valence-electron chi connectivity index (χ4n) is 4.39. The lowest BCUT2D eigenvalue weighted by Gasteiger charge is -2.21. The fraction of sp³-hybridized carbons (Fsp3) is 0.519. The summed E-state index contributed by atoms with van der Waals surface area (Å²) in [5, 5.41) is 18.6. The molecule has 0 aliphatic carbocycles. The van der Waals surface area contributed by atoms with Crippen LogP contribution in [0.25, 0.3) is 21.8 Å². The third-order valence-electron chi connectivity index (χ3n) is 6.36. The molecule has 33 heavy (non-hydrogen) atoms. The highest BCUT2D eigenvalue weighted by Gasteiger charge is 2.17. The van der Waals surface area contributed by atoms with Gasteiger partial charge in [-0.05, 0) is 61.3 Å². The Hall–Kier alpha value is -2.41. The molecule has 0 unspecified atom stereocenters. The average Bonchev–Trinajstić information content (AvgIpc) is 3.09. The maximum atomic E-state index is 12.5. The van der Waals surface area contributed by atoms with Crippen LogP contribution in [-0.4, -0.2) is 59.3 Å². The zero-order valence-corrected chi connectivity index (χ0v) is 21.0. The van der Waals surface area contributed by atoms with Gasteiger partial charge in [-0.3, -0.25) is 4.79 Å². The van der Waals surface area contributed by atoms with Gasteiger partial charge in [-0.1, -0.05) is 40.7 Å². The number of aliphatic hydroxyl groups excluding tert-OH is 1. The Morgan fingerprint density at radius 2 is 1.67 bits per heavy atom. The number of aromatic nitrogens is 1. The first-order valence-electron chi connectivity index (χ1n) is 12.1. The smallest absolute Gasteiger partial charge is 0.238 e. The topological polar surface area (TPSA) is 69.5 Å². The van der Waals surface area contributed by atoms with Gasteiger partial charge < -0.3 is 25.2 Å². The molecular formula is C27H40N4O2. The number of amides is 1. The predicted molar refractivity (Wildman–Crippen MR) is 139 cm³/mol. The molecule has 0 saturated carbocycles. The van der Waals surface area contributed by atoms with E-state index in [1.165, 1.54) is 22.0 Å². The molecule has 0 aliphatic rings. The number of aryl methyl sites for hydroxylation is 1. The summed E-state index contributed by atoms with van der Waals surface area (Å²) in [5.74, 6) is -0.112. The number of nitrogens with one attached hydrogen (secondary N) is 2. The van der Waals surface area contributed by atoms with Gasteiger partial charge in [0.25, 0.3) is 0 Å². The second kappa shape index (κ2) is 10.7. The number of aliphatic hydroxyl groups is 1. The Labute approximate surface area is 198 Å². The molecule has 1 amide bonds. The van der Waals surface area contributed by atoms with Crippen LogP contribution in [0.15, 0.2) is 36.4 Å². The van der Waals surface area contributed by atoms with Crippen molar-refractivity contribution in [2.24, 2.45) is 0 Å². The molecule has 6 heteroatoms. The molecule has 6 nitrogen and oxygen atoms in total. The summed E-state index contributed by atoms with van der Waals surface area (Å²) in [6.45, 7) is 16.9. The molecule has 3 rings (SSSR count). The minimum absolute atomic E-state index is 0.0716. The van der Waals surface area contributed by atoms with E-state index in [1.807, 2.05) is 6.07 Å². The van der Waals surface area contributed by atoms with Crippen LogP contribution in [-0.2, 0) is 16.8 Å². The molecule has 1 heterocycles. The van der Waals surface area contributed by atoms with Gasteiger partial charge >= 0.3 is 0 Å². The summed E-state index contributed by atoms with van der Waals surface area (Å²) >= 11 is 0. The molecule has 1 aromatic heterocycles. The van der Waals surface area contributed by atoms with Crippen LogP contribution in [0.5, 0.6) is 0 Å². The fourth-order valence-corrected chi connectivity index (χ4v) is 4.39. The Bertz CT molecular complexity index is 1090. The highest BCUT2D eigenvalue weighted by atomic mass is 16.3. The number of fused-ring (bicyclic) bond motifs is 3. The molecule has 3 aromatic rings. The molecule has 0 saturated heterocycles. The Morgan fingerprint density at radius 3 is 2.27 bits per heavy atom. The van der Waals surface area contributed by atoms with E-state index in [1.54, 1.807) is 0 Å². The van der Waals surface area contributed by atoms with Crippen LogP contribution in [0.4, 0.5) is 5.69 Å². The van der Waals surface area contributed by atoms with Crippen LogP contribution in [0.3, 0.4) is 0 Å². The number of likely N-dealkylation sites (N-methyl/N-ethyl adjacent to an activating group) is 1. The van der Waals surface area contributed by atoms with E-state index in [0.717, 1.165) is 30.7 Å². The molecule has 0 fully saturated rings. The monoisotopic (exact) mass is 452 g/mol. The van der Waals surface area contributed by atoms with E-state index in [9.17, 15) is 9.90 Å². The van der Waals surface area contributed by atoms with Crippen LogP contribution >= 0.6 is 0 Å². The van der Waals surface area contributed by atoms with Crippen LogP contribution in [0.2, 0.25) is 0 Å². The third-order valence-corrected chi connectivity index (χ3v) is 6.36. The van der Waals surface area contributed by atoms with Crippen LogP contribution in [0, 0.1) is 0 Å². The number of rotatable bonds is 10. The lowest BCUT2D eigenvalue weighted by molar-refractivity contribution is -0.115. The molecule has 180 valence electrons. The molecule has 0 aliphatic heterocycles. The van der Waals surface area contributed by atoms with Gasteiger partial charge in [0.05, 0.1) is 12.6 Å². The minimum atomic E-state index is -0.494. The van der Waals surface area contributed by atoms with Crippen LogP contribution < -0.4 is 10.6 Å². The normalized spacial score (nSPS) is 13.2. The van der Waals surface area contributed by atoms with Gasteiger partial charge in [0.2, 0.25) is 5.91 Å². The number of carbonyl (C=O) groups excluding carboxylic acids is 1. The van der Waals surface area contributed by atoms with Gasteiger partial charge in [0.15, 0.2) is 0 Å². The highest BCUT2D eigenvalue weighted by molar-refractivity contribution is 6.10. The van der Waals surface area contributed by atoms with Gasteiger partial charge in [0, 0.05) is 47.1 Å². The quantitative estimate of drug-likeness (QED) is 0.428. The average molecular weight is 453 g/mol. The summed E-state index contributed by atoms with van der Waals surface area (Å²) in [5.41, 5.74) is 4.55. The van der Waals surface area contributed by atoms with Crippen molar-refractivity contribution in [3.8, 4) is 0 Å². The maximum absolute atomic E-state index is 12.5. The zero-order chi connectivity index (χ0) is 24.2. The summed E-state index contributed by atoms with van der Waals surface area (Å²) in [4.78, 5) is 14.7. The lowest BCUT2D eigenvalue weighted by atomic mass is 9.86. The van der Waals surface area contributed by atoms with Crippen molar-refractivity contribution in [1.29, 1.82) is 0 Å². The number of nitrogens with zero attached hydrogens (tertiary/aromatic N) is 2. The zero-order valence-electron chi connectivity index (χ0n) is 21.0. The van der Waals surface area contributed by atoms with Crippen molar-refractivity contribution in [2.45, 2.75) is 59.6 Å². The summed E-state index contributed by atoms with van der Waals surface area (Å²) in [6.07, 6.45) is -0.494. The van der Waals surface area contributed by atoms with Gasteiger partial charge in [-0.25, -0.2) is 0 Å². The molecule has 2 aromatic carbocycles. The number of anilines is 1. The van der Waals surface area contributed by atoms with Crippen LogP contribution in [0.1, 0.15) is 47.1 Å². The largest absolute Gasteiger partial charge is 0.390 e. The standard InChI is InChI=1S/C27H40N4O2/c1-7-30(8-2)18-21(32)16-28-17-26(33)29-20-11-13-25-23(15-20)22-14-19(27(4,5)6)10-12-24(22)31(25)9-3/h10-15,21,28,32H,7-9,16-18H2,1-6H3,(H,29,33)/t21-/m0/s1. The van der Waals surface area contributed by atoms with Crippen molar-refractivity contribution < 1.29 is 9.90 Å². The molecule has 1 atom stereocenters. The van der Waals surface area contributed by atoms with E-state index in [2.05, 4.69) is 92.0 Å². The van der Waals surface area contributed by atoms with Crippen molar-refractivity contribution >= 4 is 33.4 Å². The second-order valence-corrected chi connectivity index (χ2v) is 9.78. The van der Waals surface area contributed by atoms with E-state index in [0.29, 0.717) is 13.1 Å². The van der Waals surface area contributed by atoms with Crippen molar-refractivity contribution in [1.82, 2.24) is 14.8 Å². The molecule has 0 spiro atoms. The van der Waals surface area contributed by atoms with Gasteiger partial charge in [-0.15, -0.1) is 0 Å².